The zero-order valence-corrected chi connectivity index (χ0v) is 11.3. The van der Waals surface area contributed by atoms with Gasteiger partial charge in [0.1, 0.15) is 0 Å². The van der Waals surface area contributed by atoms with Crippen LogP contribution in [-0.2, 0) is 19.6 Å². The van der Waals surface area contributed by atoms with Gasteiger partial charge in [0.25, 0.3) is 15.9 Å². The number of aromatic nitrogens is 1. The molecule has 1 N–H and O–H groups in total. The van der Waals surface area contributed by atoms with Gasteiger partial charge in [-0.1, -0.05) is 0 Å². The minimum Gasteiger partial charge on any atom is -0.479 e. The van der Waals surface area contributed by atoms with Gasteiger partial charge in [-0.15, -0.1) is 0 Å². The Bertz CT molecular complexity index is 657. The van der Waals surface area contributed by atoms with Gasteiger partial charge in [0.15, 0.2) is 11.1 Å². The Morgan fingerprint density at radius 3 is 2.80 bits per heavy atom. The Morgan fingerprint density at radius 1 is 1.55 bits per heavy atom. The molecular weight excluding hydrogens is 288 g/mol. The van der Waals surface area contributed by atoms with E-state index in [1.165, 1.54) is 18.3 Å². The summed E-state index contributed by atoms with van der Waals surface area (Å²) in [4.78, 5) is 26.7. The van der Waals surface area contributed by atoms with Crippen LogP contribution in [0.3, 0.4) is 0 Å². The average molecular weight is 300 g/mol. The molecule has 1 aliphatic rings. The second kappa shape index (κ2) is 5.17. The highest BCUT2D eigenvalue weighted by molar-refractivity contribution is 7.90. The van der Waals surface area contributed by atoms with Gasteiger partial charge in [-0.2, -0.15) is 8.42 Å². The van der Waals surface area contributed by atoms with Crippen LogP contribution in [0.1, 0.15) is 17.3 Å². The normalized spacial score (nSPS) is 17.9. The zero-order valence-electron chi connectivity index (χ0n) is 10.5. The van der Waals surface area contributed by atoms with E-state index in [0.717, 1.165) is 0 Å². The van der Waals surface area contributed by atoms with Gasteiger partial charge < -0.3 is 9.84 Å². The van der Waals surface area contributed by atoms with Crippen molar-refractivity contribution in [3.63, 3.8) is 0 Å². The molecule has 0 fully saturated rings. The predicted octanol–water partition coefficient (Wildman–Crippen LogP) is -0.284. The number of carbonyl (C=O) groups excluding carboxylic acids is 1. The first-order valence-corrected chi connectivity index (χ1v) is 7.20. The highest BCUT2D eigenvalue weighted by Gasteiger charge is 2.44. The maximum atomic E-state index is 12.2. The molecule has 108 valence electrons. The van der Waals surface area contributed by atoms with E-state index in [9.17, 15) is 18.0 Å². The van der Waals surface area contributed by atoms with Gasteiger partial charge in [-0.05, 0) is 19.1 Å². The average Bonchev–Trinajstić information content (AvgIpc) is 2.59. The number of pyridine rings is 1. The van der Waals surface area contributed by atoms with Crippen molar-refractivity contribution in [1.29, 1.82) is 0 Å². The van der Waals surface area contributed by atoms with Crippen LogP contribution in [0, 0.1) is 0 Å². The Kier molecular flexibility index (Phi) is 3.73. The first-order chi connectivity index (χ1) is 9.39. The third-order valence-corrected chi connectivity index (χ3v) is 4.45. The molecule has 2 heterocycles. The highest BCUT2D eigenvalue weighted by atomic mass is 32.2. The molecule has 0 saturated heterocycles. The fourth-order valence-corrected chi connectivity index (χ4v) is 3.33. The summed E-state index contributed by atoms with van der Waals surface area (Å²) in [6.45, 7) is 1.08. The van der Waals surface area contributed by atoms with Crippen molar-refractivity contribution in [3.05, 3.63) is 23.9 Å². The van der Waals surface area contributed by atoms with Gasteiger partial charge in [0.2, 0.25) is 0 Å². The van der Waals surface area contributed by atoms with Crippen molar-refractivity contribution >= 4 is 21.9 Å². The smallest absolute Gasteiger partial charge is 0.334 e. The molecule has 20 heavy (non-hydrogen) atoms. The molecule has 1 unspecified atom stereocenters. The van der Waals surface area contributed by atoms with Gasteiger partial charge in [0, 0.05) is 12.8 Å². The van der Waals surface area contributed by atoms with Crippen molar-refractivity contribution in [3.8, 4) is 0 Å². The van der Waals surface area contributed by atoms with E-state index in [4.69, 9.17) is 9.84 Å². The molecule has 2 rings (SSSR count). The lowest BCUT2D eigenvalue weighted by molar-refractivity contribution is -0.150. The van der Waals surface area contributed by atoms with E-state index in [-0.39, 0.29) is 17.2 Å². The Hall–Kier alpha value is -2.00. The van der Waals surface area contributed by atoms with Crippen LogP contribution < -0.4 is 0 Å². The van der Waals surface area contributed by atoms with Crippen LogP contribution in [-0.4, -0.2) is 53.9 Å². The van der Waals surface area contributed by atoms with Crippen molar-refractivity contribution in [2.24, 2.45) is 0 Å². The lowest BCUT2D eigenvalue weighted by atomic mass is 10.2. The SMILES string of the molecule is CCOC(CN1C(=O)c2cccnc2S1(=O)=O)C(=O)O. The Balaban J connectivity index is 2.36. The molecule has 9 heteroatoms. The number of carboxylic acids is 1. The number of sulfonamides is 1. The number of hydrogen-bond donors (Lipinski definition) is 1. The molecule has 1 aliphatic heterocycles. The molecule has 0 bridgehead atoms. The maximum absolute atomic E-state index is 12.2. The van der Waals surface area contributed by atoms with E-state index in [2.05, 4.69) is 4.98 Å². The van der Waals surface area contributed by atoms with Gasteiger partial charge >= 0.3 is 5.97 Å². The lowest BCUT2D eigenvalue weighted by Crippen LogP contribution is -2.41. The third kappa shape index (κ3) is 2.25. The van der Waals surface area contributed by atoms with Gasteiger partial charge in [-0.3, -0.25) is 4.79 Å². The number of nitrogens with zero attached hydrogens (tertiary/aromatic N) is 2. The zero-order chi connectivity index (χ0) is 14.9. The minimum absolute atomic E-state index is 0.0619. The molecule has 8 nitrogen and oxygen atoms in total. The molecule has 1 amide bonds. The fourth-order valence-electron chi connectivity index (χ4n) is 1.84. The predicted molar refractivity (Wildman–Crippen MR) is 65.5 cm³/mol. The molecule has 0 saturated carbocycles. The van der Waals surface area contributed by atoms with Crippen LogP contribution in [0.2, 0.25) is 0 Å². The summed E-state index contributed by atoms with van der Waals surface area (Å²) < 4.78 is 29.7. The van der Waals surface area contributed by atoms with Crippen molar-refractivity contribution in [2.75, 3.05) is 13.2 Å². The summed E-state index contributed by atoms with van der Waals surface area (Å²) in [7, 11) is -4.11. The van der Waals surface area contributed by atoms with Crippen LogP contribution in [0.15, 0.2) is 23.4 Å². The Labute approximate surface area is 115 Å². The molecule has 0 radical (unpaired) electrons. The monoisotopic (exact) mass is 300 g/mol. The summed E-state index contributed by atoms with van der Waals surface area (Å²) in [5.74, 6) is -2.13. The second-order valence-corrected chi connectivity index (χ2v) is 5.76. The third-order valence-electron chi connectivity index (χ3n) is 2.74. The van der Waals surface area contributed by atoms with Crippen molar-refractivity contribution in [2.45, 2.75) is 18.1 Å². The Morgan fingerprint density at radius 2 is 2.25 bits per heavy atom. The summed E-state index contributed by atoms with van der Waals surface area (Å²) in [6, 6.07) is 2.77. The largest absolute Gasteiger partial charge is 0.479 e. The number of ether oxygens (including phenoxy) is 1. The summed E-state index contributed by atoms with van der Waals surface area (Å²) >= 11 is 0. The summed E-state index contributed by atoms with van der Waals surface area (Å²) in [5, 5.41) is 8.61. The van der Waals surface area contributed by atoms with E-state index in [0.29, 0.717) is 4.31 Å². The lowest BCUT2D eigenvalue weighted by Gasteiger charge is -2.19. The number of hydrogen-bond acceptors (Lipinski definition) is 6. The first-order valence-electron chi connectivity index (χ1n) is 5.76. The van der Waals surface area contributed by atoms with E-state index in [1.54, 1.807) is 6.92 Å². The molecule has 1 atom stereocenters. The minimum atomic E-state index is -4.11. The molecule has 0 aromatic carbocycles. The number of fused-ring (bicyclic) bond motifs is 1. The van der Waals surface area contributed by atoms with Crippen molar-refractivity contribution in [1.82, 2.24) is 9.29 Å². The molecular formula is C11H12N2O6S. The fraction of sp³-hybridized carbons (Fsp3) is 0.364. The molecule has 0 aliphatic carbocycles. The number of amides is 1. The van der Waals surface area contributed by atoms with Crippen LogP contribution in [0.25, 0.3) is 0 Å². The number of aliphatic carboxylic acids is 1. The van der Waals surface area contributed by atoms with Crippen LogP contribution >= 0.6 is 0 Å². The van der Waals surface area contributed by atoms with Gasteiger partial charge in [0.05, 0.1) is 12.1 Å². The van der Waals surface area contributed by atoms with Crippen LogP contribution in [0.4, 0.5) is 0 Å². The van der Waals surface area contributed by atoms with Crippen LogP contribution in [0.5, 0.6) is 0 Å². The van der Waals surface area contributed by atoms with Gasteiger partial charge in [-0.25, -0.2) is 14.1 Å². The topological polar surface area (TPSA) is 114 Å². The molecule has 0 spiro atoms. The number of rotatable bonds is 5. The first kappa shape index (κ1) is 14.4. The van der Waals surface area contributed by atoms with E-state index < -0.39 is 34.5 Å². The highest BCUT2D eigenvalue weighted by Crippen LogP contribution is 2.28. The van der Waals surface area contributed by atoms with Crippen molar-refractivity contribution < 1.29 is 27.9 Å². The number of carboxylic acid groups (broad SMARTS) is 1. The van der Waals surface area contributed by atoms with E-state index in [1.807, 2.05) is 0 Å². The summed E-state index contributed by atoms with van der Waals surface area (Å²) in [5.41, 5.74) is -0.0619. The second-order valence-electron chi connectivity index (χ2n) is 3.98. The maximum Gasteiger partial charge on any atom is 0.334 e. The molecule has 1 aromatic rings. The summed E-state index contributed by atoms with van der Waals surface area (Å²) in [6.07, 6.45) is -0.155. The molecule has 1 aromatic heterocycles. The number of carbonyl (C=O) groups is 2. The quantitative estimate of drug-likeness (QED) is 0.795. The standard InChI is InChI=1S/C11H12N2O6S/c1-2-19-8(11(15)16)6-13-10(14)7-4-3-5-12-9(7)20(13,17)18/h3-5,8H,2,6H2,1H3,(H,15,16). The van der Waals surface area contributed by atoms with E-state index >= 15 is 0 Å².